The third-order valence-electron chi connectivity index (χ3n) is 0. The van der Waals surface area contributed by atoms with E-state index in [2.05, 4.69) is 0 Å². The first-order chi connectivity index (χ1) is 1.41. The molecule has 3 heteroatoms. The second-order valence-electron chi connectivity index (χ2n) is 0.316. The molecule has 0 spiro atoms. The van der Waals surface area contributed by atoms with Crippen molar-refractivity contribution in [1.82, 2.24) is 0 Å². The summed E-state index contributed by atoms with van der Waals surface area (Å²) in [5, 5.41) is 0. The second kappa shape index (κ2) is 9.23. The van der Waals surface area contributed by atoms with E-state index in [1.807, 2.05) is 6.55 Å². The molecule has 0 aromatic heterocycles. The van der Waals surface area contributed by atoms with E-state index in [0.29, 0.717) is 0 Å². The quantitative estimate of drug-likeness (QED) is 0.342. The van der Waals surface area contributed by atoms with E-state index in [1.165, 1.54) is 0 Å². The summed E-state index contributed by atoms with van der Waals surface area (Å²) < 4.78 is 0. The molecule has 0 fully saturated rings. The third-order valence-corrected chi connectivity index (χ3v) is 0. The summed E-state index contributed by atoms with van der Waals surface area (Å²) in [6.45, 7) is 1.82. The molecule has 0 rings (SSSR count). The Morgan fingerprint density at radius 1 is 1.75 bits per heavy atom. The topological polar surface area (TPSA) is 20.2 Å². The second-order valence-corrected chi connectivity index (χ2v) is 0.949. The molecule has 0 heterocycles. The summed E-state index contributed by atoms with van der Waals surface area (Å²) in [7, 11) is -0.583. The molecule has 0 radical (unpaired) electrons. The van der Waals surface area contributed by atoms with Crippen LogP contribution in [-0.4, -0.2) is 33.4 Å². The van der Waals surface area contributed by atoms with Crippen LogP contribution in [-0.2, 0) is 0 Å². The molecule has 22 valence electrons. The number of hydrogen-bond acceptors (Lipinski definition) is 1. The van der Waals surface area contributed by atoms with Gasteiger partial charge in [0.2, 0.25) is 0 Å². The van der Waals surface area contributed by atoms with Gasteiger partial charge in [-0.1, -0.05) is 6.55 Å². The Labute approximate surface area is 40.5 Å². The SMILES string of the molecule is C[SiH2]O.[LiH]. The van der Waals surface area contributed by atoms with E-state index in [0.717, 1.165) is 0 Å². The summed E-state index contributed by atoms with van der Waals surface area (Å²) in [4.78, 5) is 7.71. The molecule has 4 heavy (non-hydrogen) atoms. The molecule has 0 aliphatic carbocycles. The van der Waals surface area contributed by atoms with Crippen LogP contribution in [0.2, 0.25) is 6.55 Å². The summed E-state index contributed by atoms with van der Waals surface area (Å²) >= 11 is 0. The number of rotatable bonds is 0. The van der Waals surface area contributed by atoms with E-state index in [-0.39, 0.29) is 18.9 Å². The molecule has 1 N–H and O–H groups in total. The van der Waals surface area contributed by atoms with Gasteiger partial charge in [0.25, 0.3) is 0 Å². The summed E-state index contributed by atoms with van der Waals surface area (Å²) in [6.07, 6.45) is 0. The van der Waals surface area contributed by atoms with Crippen molar-refractivity contribution in [3.8, 4) is 0 Å². The van der Waals surface area contributed by atoms with Gasteiger partial charge in [0.1, 0.15) is 0 Å². The van der Waals surface area contributed by atoms with Gasteiger partial charge in [-0.2, -0.15) is 0 Å². The molecule has 0 atom stereocenters. The van der Waals surface area contributed by atoms with E-state index in [4.69, 9.17) is 4.80 Å². The van der Waals surface area contributed by atoms with Crippen LogP contribution >= 0.6 is 0 Å². The van der Waals surface area contributed by atoms with Gasteiger partial charge >= 0.3 is 18.9 Å². The van der Waals surface area contributed by atoms with Gasteiger partial charge in [-0.15, -0.1) is 0 Å². The first kappa shape index (κ1) is 8.84. The van der Waals surface area contributed by atoms with Crippen LogP contribution < -0.4 is 0 Å². The Morgan fingerprint density at radius 2 is 1.75 bits per heavy atom. The zero-order valence-corrected chi connectivity index (χ0v) is 3.57. The molecular weight excluding hydrogens is 63.0 g/mol. The van der Waals surface area contributed by atoms with Crippen molar-refractivity contribution in [1.29, 1.82) is 0 Å². The minimum atomic E-state index is -0.583. The van der Waals surface area contributed by atoms with E-state index in [1.54, 1.807) is 0 Å². The average molecular weight is 70.1 g/mol. The van der Waals surface area contributed by atoms with Crippen molar-refractivity contribution in [2.45, 2.75) is 6.55 Å². The zero-order chi connectivity index (χ0) is 2.71. The normalized spacial score (nSPS) is 7.50. The van der Waals surface area contributed by atoms with Gasteiger partial charge in [0.15, 0.2) is 9.76 Å². The van der Waals surface area contributed by atoms with Gasteiger partial charge in [-0.3, -0.25) is 0 Å². The minimum absolute atomic E-state index is 0. The fraction of sp³-hybridized carbons (Fsp3) is 1.00. The van der Waals surface area contributed by atoms with Gasteiger partial charge in [0.05, 0.1) is 0 Å². The fourth-order valence-electron chi connectivity index (χ4n) is 0. The van der Waals surface area contributed by atoms with Crippen LogP contribution in [0.1, 0.15) is 0 Å². The van der Waals surface area contributed by atoms with Gasteiger partial charge in [-0.05, 0) is 0 Å². The van der Waals surface area contributed by atoms with E-state index in [9.17, 15) is 0 Å². The fourth-order valence-corrected chi connectivity index (χ4v) is 0. The molecule has 0 amide bonds. The standard InChI is InChI=1S/CH6OSi.Li.H/c1-3-2;;/h2H,3H2,1H3;;. The van der Waals surface area contributed by atoms with Crippen LogP contribution in [0.5, 0.6) is 0 Å². The molecule has 1 nitrogen and oxygen atoms in total. The van der Waals surface area contributed by atoms with Crippen molar-refractivity contribution in [2.75, 3.05) is 0 Å². The predicted molar refractivity (Wildman–Crippen MR) is 23.8 cm³/mol. The van der Waals surface area contributed by atoms with Crippen LogP contribution in [0.4, 0.5) is 0 Å². The van der Waals surface area contributed by atoms with Crippen LogP contribution in [0.25, 0.3) is 0 Å². The Balaban J connectivity index is 0. The average Bonchev–Trinajstić information content (AvgIpc) is 0.918. The van der Waals surface area contributed by atoms with Crippen molar-refractivity contribution in [3.63, 3.8) is 0 Å². The Kier molecular flexibility index (Phi) is 20.4. The van der Waals surface area contributed by atoms with Gasteiger partial charge in [-0.25, -0.2) is 0 Å². The summed E-state index contributed by atoms with van der Waals surface area (Å²) in [5.74, 6) is 0. The van der Waals surface area contributed by atoms with Crippen molar-refractivity contribution in [3.05, 3.63) is 0 Å². The Bertz CT molecular complexity index is 8.00. The van der Waals surface area contributed by atoms with Crippen LogP contribution in [0.15, 0.2) is 0 Å². The van der Waals surface area contributed by atoms with Gasteiger partial charge < -0.3 is 4.80 Å². The predicted octanol–water partition coefficient (Wildman–Crippen LogP) is -1.54. The first-order valence-electron chi connectivity index (χ1n) is 1.02. The maximum absolute atomic E-state index is 7.71. The van der Waals surface area contributed by atoms with Crippen molar-refractivity contribution in [2.24, 2.45) is 0 Å². The number of hydrogen-bond donors (Lipinski definition) is 1. The molecule has 0 unspecified atom stereocenters. The molecule has 0 aliphatic rings. The van der Waals surface area contributed by atoms with E-state index >= 15 is 0 Å². The Morgan fingerprint density at radius 3 is 1.75 bits per heavy atom. The Hall–Kier alpha value is 0.774. The zero-order valence-electron chi connectivity index (χ0n) is 2.15. The van der Waals surface area contributed by atoms with E-state index < -0.39 is 9.76 Å². The monoisotopic (exact) mass is 70.0 g/mol. The molecule has 0 aromatic carbocycles. The molecule has 0 saturated carbocycles. The molecule has 0 aromatic rings. The van der Waals surface area contributed by atoms with Crippen LogP contribution in [0, 0.1) is 0 Å². The third kappa shape index (κ3) is 14.6. The van der Waals surface area contributed by atoms with Crippen molar-refractivity contribution < 1.29 is 4.80 Å². The summed E-state index contributed by atoms with van der Waals surface area (Å²) in [5.41, 5.74) is 0. The van der Waals surface area contributed by atoms with Gasteiger partial charge in [0, 0.05) is 0 Å². The molecule has 0 bridgehead atoms. The first-order valence-corrected chi connectivity index (χ1v) is 3.07. The molecular formula is CH7LiOSi. The molecule has 0 aliphatic heterocycles. The summed E-state index contributed by atoms with van der Waals surface area (Å²) in [6, 6.07) is 0. The molecule has 0 saturated heterocycles. The maximum atomic E-state index is 7.71. The van der Waals surface area contributed by atoms with Crippen molar-refractivity contribution >= 4 is 28.6 Å². The van der Waals surface area contributed by atoms with Crippen LogP contribution in [0.3, 0.4) is 0 Å².